The summed E-state index contributed by atoms with van der Waals surface area (Å²) in [6.07, 6.45) is 8.91. The molecule has 0 atom stereocenters. The van der Waals surface area contributed by atoms with Gasteiger partial charge in [0.05, 0.1) is 0 Å². The van der Waals surface area contributed by atoms with E-state index in [1.54, 1.807) is 18.3 Å². The normalized spacial score (nSPS) is 14.5. The van der Waals surface area contributed by atoms with Gasteiger partial charge in [0.2, 0.25) is 0 Å². The van der Waals surface area contributed by atoms with Gasteiger partial charge in [0.15, 0.2) is 0 Å². The summed E-state index contributed by atoms with van der Waals surface area (Å²) in [6.45, 7) is 0. The van der Waals surface area contributed by atoms with Crippen molar-refractivity contribution in [2.75, 3.05) is 0 Å². The third kappa shape index (κ3) is 1.91. The number of nitrogens with zero attached hydrogens (tertiary/aromatic N) is 1. The van der Waals surface area contributed by atoms with E-state index in [9.17, 15) is 4.79 Å². The molecule has 0 saturated heterocycles. The molecule has 0 radical (unpaired) electrons. The van der Waals surface area contributed by atoms with Crippen LogP contribution in [0.25, 0.3) is 0 Å². The fourth-order valence-corrected chi connectivity index (χ4v) is 1.15. The molecule has 1 saturated carbocycles. The molecule has 1 aliphatic rings. The summed E-state index contributed by atoms with van der Waals surface area (Å²) < 4.78 is 0. The Bertz CT molecular complexity index is 402. The van der Waals surface area contributed by atoms with Crippen LogP contribution in [-0.2, 0) is 0 Å². The maximum absolute atomic E-state index is 11.6. The zero-order chi connectivity index (χ0) is 9.97. The number of terminal acetylenes is 1. The number of aromatic nitrogens is 1. The van der Waals surface area contributed by atoms with Gasteiger partial charge in [0.25, 0.3) is 5.91 Å². The number of nitrogens with one attached hydrogen (secondary N) is 1. The number of rotatable bonds is 2. The zero-order valence-corrected chi connectivity index (χ0v) is 7.66. The van der Waals surface area contributed by atoms with Crippen LogP contribution in [-0.4, -0.2) is 16.9 Å². The molecular weight excluding hydrogens is 176 g/mol. The maximum atomic E-state index is 11.6. The molecule has 1 aliphatic carbocycles. The second-order valence-corrected chi connectivity index (χ2v) is 3.32. The van der Waals surface area contributed by atoms with Gasteiger partial charge in [-0.15, -0.1) is 6.42 Å². The topological polar surface area (TPSA) is 42.0 Å². The molecule has 1 heterocycles. The van der Waals surface area contributed by atoms with Gasteiger partial charge in [-0.1, -0.05) is 5.92 Å². The molecule has 1 aromatic rings. The van der Waals surface area contributed by atoms with Crippen molar-refractivity contribution in [3.63, 3.8) is 0 Å². The van der Waals surface area contributed by atoms with Crippen LogP contribution in [0.1, 0.15) is 28.9 Å². The van der Waals surface area contributed by atoms with E-state index < -0.39 is 0 Å². The van der Waals surface area contributed by atoms with Crippen LogP contribution in [0.3, 0.4) is 0 Å². The highest BCUT2D eigenvalue weighted by molar-refractivity contribution is 5.94. The summed E-state index contributed by atoms with van der Waals surface area (Å²) in [5, 5.41) is 2.89. The van der Waals surface area contributed by atoms with E-state index in [-0.39, 0.29) is 5.91 Å². The standard InChI is InChI=1S/C11H10N2O/c1-2-9-7-8(5-6-12-9)11(14)13-10-3-4-10/h1,5-7,10H,3-4H2,(H,13,14). The molecule has 3 nitrogen and oxygen atoms in total. The predicted octanol–water partition coefficient (Wildman–Crippen LogP) is 0.955. The number of hydrogen-bond acceptors (Lipinski definition) is 2. The van der Waals surface area contributed by atoms with Crippen LogP contribution in [0, 0.1) is 12.3 Å². The number of carbonyl (C=O) groups excluding carboxylic acids is 1. The van der Waals surface area contributed by atoms with E-state index in [1.165, 1.54) is 0 Å². The molecular formula is C11H10N2O. The van der Waals surface area contributed by atoms with Crippen molar-refractivity contribution < 1.29 is 4.79 Å². The van der Waals surface area contributed by atoms with Crippen molar-refractivity contribution in [3.8, 4) is 12.3 Å². The summed E-state index contributed by atoms with van der Waals surface area (Å²) in [5.41, 5.74) is 1.08. The van der Waals surface area contributed by atoms with Gasteiger partial charge < -0.3 is 5.32 Å². The monoisotopic (exact) mass is 186 g/mol. The molecule has 14 heavy (non-hydrogen) atoms. The first-order chi connectivity index (χ1) is 6.79. The van der Waals surface area contributed by atoms with E-state index in [0.717, 1.165) is 12.8 Å². The lowest BCUT2D eigenvalue weighted by molar-refractivity contribution is 0.0951. The molecule has 0 aromatic carbocycles. The second-order valence-electron chi connectivity index (χ2n) is 3.32. The molecule has 1 amide bonds. The Morgan fingerprint density at radius 2 is 2.43 bits per heavy atom. The molecule has 70 valence electrons. The molecule has 2 rings (SSSR count). The van der Waals surface area contributed by atoms with Gasteiger partial charge in [0.1, 0.15) is 5.69 Å². The smallest absolute Gasteiger partial charge is 0.251 e. The lowest BCUT2D eigenvalue weighted by Gasteiger charge is -2.02. The first kappa shape index (κ1) is 8.76. The summed E-state index contributed by atoms with van der Waals surface area (Å²) in [7, 11) is 0. The highest BCUT2D eigenvalue weighted by Crippen LogP contribution is 2.19. The molecule has 3 heteroatoms. The third-order valence-electron chi connectivity index (χ3n) is 2.08. The summed E-state index contributed by atoms with van der Waals surface area (Å²) in [4.78, 5) is 15.5. The Hall–Kier alpha value is -1.82. The molecule has 0 bridgehead atoms. The Kier molecular flexibility index (Phi) is 2.19. The van der Waals surface area contributed by atoms with Crippen LogP contribution in [0.4, 0.5) is 0 Å². The Morgan fingerprint density at radius 1 is 1.64 bits per heavy atom. The molecule has 0 unspecified atom stereocenters. The fraction of sp³-hybridized carbons (Fsp3) is 0.273. The van der Waals surface area contributed by atoms with Gasteiger partial charge in [-0.05, 0) is 25.0 Å². The van der Waals surface area contributed by atoms with E-state index in [2.05, 4.69) is 16.2 Å². The van der Waals surface area contributed by atoms with Crippen LogP contribution >= 0.6 is 0 Å². The Balaban J connectivity index is 2.14. The van der Waals surface area contributed by atoms with E-state index in [0.29, 0.717) is 17.3 Å². The molecule has 0 aliphatic heterocycles. The quantitative estimate of drug-likeness (QED) is 0.699. The van der Waals surface area contributed by atoms with Gasteiger partial charge in [-0.25, -0.2) is 4.98 Å². The van der Waals surface area contributed by atoms with Crippen LogP contribution in [0.2, 0.25) is 0 Å². The number of amides is 1. The van der Waals surface area contributed by atoms with Crippen LogP contribution in [0.15, 0.2) is 18.3 Å². The van der Waals surface area contributed by atoms with Crippen LogP contribution < -0.4 is 5.32 Å². The van der Waals surface area contributed by atoms with Crippen molar-refractivity contribution in [1.29, 1.82) is 0 Å². The first-order valence-electron chi connectivity index (χ1n) is 4.53. The van der Waals surface area contributed by atoms with Gasteiger partial charge in [0, 0.05) is 17.8 Å². The van der Waals surface area contributed by atoms with Crippen molar-refractivity contribution in [2.45, 2.75) is 18.9 Å². The van der Waals surface area contributed by atoms with E-state index in [1.807, 2.05) is 0 Å². The second kappa shape index (κ2) is 3.51. The first-order valence-corrected chi connectivity index (χ1v) is 4.53. The van der Waals surface area contributed by atoms with Crippen LogP contribution in [0.5, 0.6) is 0 Å². The summed E-state index contributed by atoms with van der Waals surface area (Å²) >= 11 is 0. The lowest BCUT2D eigenvalue weighted by Crippen LogP contribution is -2.25. The Morgan fingerprint density at radius 3 is 3.07 bits per heavy atom. The minimum absolute atomic E-state index is 0.0635. The summed E-state index contributed by atoms with van der Waals surface area (Å²) in [6, 6.07) is 3.65. The fourth-order valence-electron chi connectivity index (χ4n) is 1.15. The highest BCUT2D eigenvalue weighted by Gasteiger charge is 2.23. The lowest BCUT2D eigenvalue weighted by atomic mass is 10.2. The van der Waals surface area contributed by atoms with Gasteiger partial charge in [-0.3, -0.25) is 4.79 Å². The number of hydrogen-bond donors (Lipinski definition) is 1. The number of pyridine rings is 1. The number of carbonyl (C=O) groups is 1. The average molecular weight is 186 g/mol. The van der Waals surface area contributed by atoms with E-state index in [4.69, 9.17) is 6.42 Å². The molecule has 1 fully saturated rings. The van der Waals surface area contributed by atoms with Gasteiger partial charge >= 0.3 is 0 Å². The molecule has 1 aromatic heterocycles. The van der Waals surface area contributed by atoms with Crippen molar-refractivity contribution in [1.82, 2.24) is 10.3 Å². The minimum Gasteiger partial charge on any atom is -0.349 e. The Labute approximate surface area is 82.5 Å². The van der Waals surface area contributed by atoms with Crippen molar-refractivity contribution in [3.05, 3.63) is 29.6 Å². The summed E-state index contributed by atoms with van der Waals surface area (Å²) in [5.74, 6) is 2.34. The van der Waals surface area contributed by atoms with Crippen molar-refractivity contribution >= 4 is 5.91 Å². The highest BCUT2D eigenvalue weighted by atomic mass is 16.1. The third-order valence-corrected chi connectivity index (χ3v) is 2.08. The van der Waals surface area contributed by atoms with Crippen molar-refractivity contribution in [2.24, 2.45) is 0 Å². The maximum Gasteiger partial charge on any atom is 0.251 e. The SMILES string of the molecule is C#Cc1cc(C(=O)NC2CC2)ccn1. The van der Waals surface area contributed by atoms with E-state index >= 15 is 0 Å². The molecule has 1 N–H and O–H groups in total. The minimum atomic E-state index is -0.0635. The average Bonchev–Trinajstić information content (AvgIpc) is 3.02. The zero-order valence-electron chi connectivity index (χ0n) is 7.66. The molecule has 0 spiro atoms. The largest absolute Gasteiger partial charge is 0.349 e. The predicted molar refractivity (Wildman–Crippen MR) is 52.7 cm³/mol. The van der Waals surface area contributed by atoms with Gasteiger partial charge in [-0.2, -0.15) is 0 Å².